The number of benzene rings is 20. The SMILES string of the molecule is c1ccc(-c2c3ccccc3c(-c3ccccc3)c3c(-c4ccc(N(c5ccccc5)c5ccccc5)cc4)c4ccccc4c(-c4ccc(N(c5ccccc5)c5ccccc5)cc4)c23)cc1.c1ccc(N(c2ccccc2)c2c3ccccc3cc3c(N(c4ccccc4)c4ccccc4)c4ccccc4cc23)cc1. The second-order valence-electron chi connectivity index (χ2n) is 28.2. The molecule has 0 radical (unpaired) electrons. The zero-order valence-electron chi connectivity index (χ0n) is 61.7. The fourth-order valence-electron chi connectivity index (χ4n) is 16.7. The molecule has 0 bridgehead atoms. The van der Waals surface area contributed by atoms with Gasteiger partial charge in [0.05, 0.1) is 11.4 Å². The van der Waals surface area contributed by atoms with E-state index in [4.69, 9.17) is 0 Å². The third-order valence-electron chi connectivity index (χ3n) is 21.5. The smallest absolute Gasteiger partial charge is 0.0619 e. The molecule has 20 aromatic carbocycles. The highest BCUT2D eigenvalue weighted by Crippen LogP contribution is 2.56. The second-order valence-corrected chi connectivity index (χ2v) is 28.2. The first-order valence-electron chi connectivity index (χ1n) is 38.4. The minimum Gasteiger partial charge on any atom is -0.311 e. The molecule has 112 heavy (non-hydrogen) atoms. The predicted molar refractivity (Wildman–Crippen MR) is 478 cm³/mol. The zero-order chi connectivity index (χ0) is 74.5. The van der Waals surface area contributed by atoms with Crippen LogP contribution < -0.4 is 19.6 Å². The number of rotatable bonds is 16. The number of para-hydroxylation sites is 8. The lowest BCUT2D eigenvalue weighted by Crippen LogP contribution is -2.13. The van der Waals surface area contributed by atoms with Crippen molar-refractivity contribution in [3.63, 3.8) is 0 Å². The first kappa shape index (κ1) is 67.7. The van der Waals surface area contributed by atoms with Gasteiger partial charge in [-0.15, -0.1) is 0 Å². The van der Waals surface area contributed by atoms with E-state index in [1.807, 2.05) is 0 Å². The van der Waals surface area contributed by atoms with Crippen LogP contribution in [0.1, 0.15) is 0 Å². The van der Waals surface area contributed by atoms with E-state index in [0.717, 1.165) is 68.0 Å². The molecule has 0 aliphatic carbocycles. The van der Waals surface area contributed by atoms with Crippen molar-refractivity contribution in [3.05, 3.63) is 461 Å². The van der Waals surface area contributed by atoms with Gasteiger partial charge < -0.3 is 19.6 Å². The normalized spacial score (nSPS) is 11.2. The molecule has 528 valence electrons. The van der Waals surface area contributed by atoms with Crippen molar-refractivity contribution in [2.24, 2.45) is 0 Å². The third-order valence-corrected chi connectivity index (χ3v) is 21.5. The zero-order valence-corrected chi connectivity index (χ0v) is 61.7. The van der Waals surface area contributed by atoms with Crippen molar-refractivity contribution in [3.8, 4) is 44.5 Å². The average Bonchev–Trinajstić information content (AvgIpc) is 0.698. The molecule has 0 heterocycles. The van der Waals surface area contributed by atoms with Gasteiger partial charge in [0.1, 0.15) is 0 Å². The summed E-state index contributed by atoms with van der Waals surface area (Å²) in [5, 5.41) is 14.5. The van der Waals surface area contributed by atoms with Crippen molar-refractivity contribution >= 4 is 133 Å². The molecule has 0 fully saturated rings. The molecule has 4 nitrogen and oxygen atoms in total. The second kappa shape index (κ2) is 30.4. The van der Waals surface area contributed by atoms with E-state index in [0.29, 0.717) is 0 Å². The number of hydrogen-bond acceptors (Lipinski definition) is 4. The molecule has 0 saturated carbocycles. The third kappa shape index (κ3) is 12.8. The molecular formula is C108H76N4. The van der Waals surface area contributed by atoms with Crippen LogP contribution in [0.2, 0.25) is 0 Å². The van der Waals surface area contributed by atoms with Gasteiger partial charge in [0.25, 0.3) is 0 Å². The van der Waals surface area contributed by atoms with E-state index in [1.165, 1.54) is 109 Å². The lowest BCUT2D eigenvalue weighted by Gasteiger charge is -2.32. The quantitative estimate of drug-likeness (QED) is 0.0894. The summed E-state index contributed by atoms with van der Waals surface area (Å²) in [6.07, 6.45) is 0. The van der Waals surface area contributed by atoms with E-state index in [-0.39, 0.29) is 0 Å². The molecule has 0 aliphatic heterocycles. The van der Waals surface area contributed by atoms with E-state index < -0.39 is 0 Å². The summed E-state index contributed by atoms with van der Waals surface area (Å²) in [6.45, 7) is 0. The molecular weight excluding hydrogens is 1350 g/mol. The first-order chi connectivity index (χ1) is 55.7. The number of hydrogen-bond donors (Lipinski definition) is 0. The van der Waals surface area contributed by atoms with Crippen LogP contribution in [0.4, 0.5) is 68.2 Å². The molecule has 0 amide bonds. The molecule has 0 atom stereocenters. The Morgan fingerprint density at radius 2 is 0.304 bits per heavy atom. The highest BCUT2D eigenvalue weighted by molar-refractivity contribution is 6.34. The van der Waals surface area contributed by atoms with E-state index >= 15 is 0 Å². The molecule has 0 aliphatic rings. The molecule has 20 aromatic rings. The maximum atomic E-state index is 2.42. The predicted octanol–water partition coefficient (Wildman–Crippen LogP) is 30.8. The van der Waals surface area contributed by atoms with Gasteiger partial charge in [0.15, 0.2) is 0 Å². The summed E-state index contributed by atoms with van der Waals surface area (Å²) in [5.41, 5.74) is 23.0. The van der Waals surface area contributed by atoms with Crippen molar-refractivity contribution in [1.29, 1.82) is 0 Å². The minimum absolute atomic E-state index is 1.09. The summed E-state index contributed by atoms with van der Waals surface area (Å²) in [6, 6.07) is 166. The van der Waals surface area contributed by atoms with Crippen molar-refractivity contribution in [2.75, 3.05) is 19.6 Å². The Labute approximate surface area is 653 Å². The topological polar surface area (TPSA) is 13.0 Å². The van der Waals surface area contributed by atoms with Gasteiger partial charge in [0, 0.05) is 78.4 Å². The fourth-order valence-corrected chi connectivity index (χ4v) is 16.7. The van der Waals surface area contributed by atoms with Crippen LogP contribution in [0.15, 0.2) is 461 Å². The fraction of sp³-hybridized carbons (Fsp3) is 0. The maximum Gasteiger partial charge on any atom is 0.0619 e. The Bertz CT molecular complexity index is 6110. The van der Waals surface area contributed by atoms with Crippen LogP contribution in [0, 0.1) is 0 Å². The molecule has 0 saturated heterocycles. The molecule has 4 heteroatoms. The molecule has 0 spiro atoms. The van der Waals surface area contributed by atoms with E-state index in [2.05, 4.69) is 481 Å². The van der Waals surface area contributed by atoms with Crippen LogP contribution in [-0.4, -0.2) is 0 Å². The lowest BCUT2D eigenvalue weighted by molar-refractivity contribution is 1.28. The van der Waals surface area contributed by atoms with E-state index in [1.54, 1.807) is 0 Å². The monoisotopic (exact) mass is 1430 g/mol. The van der Waals surface area contributed by atoms with Crippen LogP contribution in [-0.2, 0) is 0 Å². The van der Waals surface area contributed by atoms with Crippen molar-refractivity contribution < 1.29 is 0 Å². The average molecular weight is 1430 g/mol. The first-order valence-corrected chi connectivity index (χ1v) is 38.4. The molecule has 0 N–H and O–H groups in total. The van der Waals surface area contributed by atoms with Crippen molar-refractivity contribution in [2.45, 2.75) is 0 Å². The highest BCUT2D eigenvalue weighted by Gasteiger charge is 2.29. The summed E-state index contributed by atoms with van der Waals surface area (Å²) in [7, 11) is 0. The molecule has 0 unspecified atom stereocenters. The van der Waals surface area contributed by atoms with Gasteiger partial charge in [-0.3, -0.25) is 0 Å². The number of fused-ring (bicyclic) bond motifs is 6. The Hall–Kier alpha value is -14.8. The van der Waals surface area contributed by atoms with Gasteiger partial charge >= 0.3 is 0 Å². The Balaban J connectivity index is 0.000000165. The van der Waals surface area contributed by atoms with Gasteiger partial charge in [-0.1, -0.05) is 328 Å². The van der Waals surface area contributed by atoms with Crippen LogP contribution in [0.25, 0.3) is 109 Å². The number of anilines is 12. The standard InChI is InChI=1S/C66H46N2.C42H30N2/c1-7-23-47(24-8-1)61-57-35-19-20-36-58(57)62(48-25-9-2-10-26-48)66-64(50-41-45-56(46-42-50)68(53-31-15-5-16-32-53)54-33-17-6-18-34-54)60-38-22-21-37-59(60)63(65(61)66)49-39-43-55(44-40-49)67(51-27-11-3-12-28-51)52-29-13-4-14-30-52;1-5-19-33(20-6-1)43(34-21-7-2-8-22-34)41-37-27-15-13-17-31(37)30-40-39(41)29-32-18-14-16-28-38(32)42(40)44(35-23-9-3-10-24-35)36-25-11-4-12-26-36/h1-46H;1-30H. The summed E-state index contributed by atoms with van der Waals surface area (Å²) >= 11 is 0. The highest BCUT2D eigenvalue weighted by atomic mass is 15.2. The Morgan fingerprint density at radius 1 is 0.125 bits per heavy atom. The lowest BCUT2D eigenvalue weighted by atomic mass is 9.77. The summed E-state index contributed by atoms with van der Waals surface area (Å²) in [4.78, 5) is 9.50. The molecule has 20 rings (SSSR count). The number of nitrogens with zero attached hydrogens (tertiary/aromatic N) is 4. The Morgan fingerprint density at radius 3 is 0.545 bits per heavy atom. The van der Waals surface area contributed by atoms with E-state index in [9.17, 15) is 0 Å². The Kier molecular flexibility index (Phi) is 18.4. The summed E-state index contributed by atoms with van der Waals surface area (Å²) in [5.74, 6) is 0. The van der Waals surface area contributed by atoms with Crippen LogP contribution >= 0.6 is 0 Å². The summed E-state index contributed by atoms with van der Waals surface area (Å²) < 4.78 is 0. The maximum absolute atomic E-state index is 2.42. The van der Waals surface area contributed by atoms with Gasteiger partial charge in [-0.05, 0) is 221 Å². The molecule has 0 aromatic heterocycles. The minimum atomic E-state index is 1.09. The van der Waals surface area contributed by atoms with Crippen LogP contribution in [0.3, 0.4) is 0 Å². The largest absolute Gasteiger partial charge is 0.311 e. The van der Waals surface area contributed by atoms with Crippen molar-refractivity contribution in [1.82, 2.24) is 0 Å². The van der Waals surface area contributed by atoms with Gasteiger partial charge in [-0.25, -0.2) is 0 Å². The van der Waals surface area contributed by atoms with Crippen LogP contribution in [0.5, 0.6) is 0 Å². The van der Waals surface area contributed by atoms with Gasteiger partial charge in [-0.2, -0.15) is 0 Å². The van der Waals surface area contributed by atoms with Gasteiger partial charge in [0.2, 0.25) is 0 Å².